The van der Waals surface area contributed by atoms with Gasteiger partial charge in [0.2, 0.25) is 5.88 Å². The van der Waals surface area contributed by atoms with E-state index in [0.29, 0.717) is 48.2 Å². The number of hydrogen-bond donors (Lipinski definition) is 4. The van der Waals surface area contributed by atoms with Gasteiger partial charge in [-0.3, -0.25) is 5.32 Å². The number of aliphatic hydroxyl groups excluding tert-OH is 1. The number of aromatic nitrogens is 2. The van der Waals surface area contributed by atoms with Crippen LogP contribution in [0.3, 0.4) is 0 Å². The van der Waals surface area contributed by atoms with E-state index in [2.05, 4.69) is 20.6 Å². The average Bonchev–Trinajstić information content (AvgIpc) is 2.79. The lowest BCUT2D eigenvalue weighted by Gasteiger charge is -2.31. The van der Waals surface area contributed by atoms with Gasteiger partial charge in [-0.15, -0.1) is 0 Å². The number of fused-ring (bicyclic) bond motifs is 2. The molecule has 166 valence electrons. The number of ether oxygens (including phenoxy) is 2. The number of rotatable bonds is 3. The summed E-state index contributed by atoms with van der Waals surface area (Å²) in [7, 11) is 0. The van der Waals surface area contributed by atoms with Crippen molar-refractivity contribution in [3.8, 4) is 17.0 Å². The first-order valence-electron chi connectivity index (χ1n) is 10.3. The van der Waals surface area contributed by atoms with Crippen molar-refractivity contribution in [2.24, 2.45) is 0 Å². The van der Waals surface area contributed by atoms with Gasteiger partial charge in [-0.05, 0) is 42.8 Å². The molecular weight excluding hydrogens is 417 g/mol. The van der Waals surface area contributed by atoms with Crippen LogP contribution in [0, 0.1) is 12.7 Å². The fourth-order valence-electron chi connectivity index (χ4n) is 3.92. The molecule has 1 amide bonds. The van der Waals surface area contributed by atoms with Crippen molar-refractivity contribution >= 4 is 34.1 Å². The number of pyridine rings is 2. The highest BCUT2D eigenvalue weighted by Gasteiger charge is 2.32. The van der Waals surface area contributed by atoms with E-state index in [1.54, 1.807) is 18.3 Å². The largest absolute Gasteiger partial charge is 0.474 e. The van der Waals surface area contributed by atoms with Gasteiger partial charge in [0.15, 0.2) is 5.82 Å². The van der Waals surface area contributed by atoms with Crippen molar-refractivity contribution < 1.29 is 23.8 Å². The predicted octanol–water partition coefficient (Wildman–Crippen LogP) is 3.20. The highest BCUT2D eigenvalue weighted by Crippen LogP contribution is 2.39. The minimum atomic E-state index is -0.711. The van der Waals surface area contributed by atoms with Crippen molar-refractivity contribution in [1.82, 2.24) is 9.97 Å². The molecular formula is C22H22FN5O4. The lowest BCUT2D eigenvalue weighted by Crippen LogP contribution is -2.41. The van der Waals surface area contributed by atoms with Crippen LogP contribution in [0.1, 0.15) is 18.4 Å². The summed E-state index contributed by atoms with van der Waals surface area (Å²) in [6.45, 7) is 3.01. The van der Waals surface area contributed by atoms with Gasteiger partial charge in [0.25, 0.3) is 0 Å². The lowest BCUT2D eigenvalue weighted by molar-refractivity contribution is -0.0561. The number of benzene rings is 1. The summed E-state index contributed by atoms with van der Waals surface area (Å²) < 4.78 is 25.9. The molecule has 1 aromatic carbocycles. The molecule has 1 fully saturated rings. The number of nitrogens with one attached hydrogen (secondary N) is 2. The second kappa shape index (κ2) is 7.79. The van der Waals surface area contributed by atoms with Crippen LogP contribution in [0.25, 0.3) is 21.9 Å². The van der Waals surface area contributed by atoms with Crippen molar-refractivity contribution in [3.63, 3.8) is 0 Å². The normalized spacial score (nSPS) is 19.3. The van der Waals surface area contributed by atoms with Crippen LogP contribution in [0.4, 0.5) is 26.4 Å². The third kappa shape index (κ3) is 3.42. The molecule has 1 saturated carbocycles. The van der Waals surface area contributed by atoms with Crippen LogP contribution in [0.5, 0.6) is 5.88 Å². The van der Waals surface area contributed by atoms with Crippen LogP contribution >= 0.6 is 0 Å². The van der Waals surface area contributed by atoms with Crippen molar-refractivity contribution in [2.75, 3.05) is 29.5 Å². The molecule has 0 spiro atoms. The molecule has 5 rings (SSSR count). The Balaban J connectivity index is 1.50. The molecule has 2 aliphatic rings. The maximum atomic E-state index is 15.2. The molecule has 2 atom stereocenters. The minimum Gasteiger partial charge on any atom is -0.474 e. The topological polar surface area (TPSA) is 132 Å². The van der Waals surface area contributed by atoms with Crippen LogP contribution in [0.15, 0.2) is 24.5 Å². The predicted molar refractivity (Wildman–Crippen MR) is 117 cm³/mol. The fourth-order valence-corrected chi connectivity index (χ4v) is 3.92. The summed E-state index contributed by atoms with van der Waals surface area (Å²) in [5.41, 5.74) is 8.43. The second-order valence-electron chi connectivity index (χ2n) is 7.91. The van der Waals surface area contributed by atoms with E-state index in [4.69, 9.17) is 15.2 Å². The van der Waals surface area contributed by atoms with Crippen LogP contribution < -0.4 is 21.1 Å². The Hall–Kier alpha value is -3.66. The lowest BCUT2D eigenvalue weighted by atomic mass is 9.92. The van der Waals surface area contributed by atoms with E-state index in [-0.39, 0.29) is 17.1 Å². The van der Waals surface area contributed by atoms with E-state index < -0.39 is 24.1 Å². The monoisotopic (exact) mass is 439 g/mol. The highest BCUT2D eigenvalue weighted by atomic mass is 19.1. The smallest absolute Gasteiger partial charge is 0.413 e. The average molecular weight is 439 g/mol. The van der Waals surface area contributed by atoms with Gasteiger partial charge in [0.1, 0.15) is 24.2 Å². The molecule has 3 heterocycles. The van der Waals surface area contributed by atoms with E-state index >= 15 is 4.39 Å². The number of anilines is 3. The summed E-state index contributed by atoms with van der Waals surface area (Å²) in [6, 6.07) is 3.24. The van der Waals surface area contributed by atoms with E-state index in [0.717, 1.165) is 11.3 Å². The van der Waals surface area contributed by atoms with Gasteiger partial charge >= 0.3 is 6.09 Å². The standard InChI is InChI=1S/C22H22FN5O4/c1-10-13(8-27-21-20(10)25-4-5-31-21)12-6-11-7-17(26-9-14(11)19(24)18(12)23)28-22(30)32-16-3-2-15(16)29/h6-9,15-16,25,29H,2-5,24H2,1H3,(H,26,28,30)/t15-,16+/m0/s1. The Morgan fingerprint density at radius 2 is 2.16 bits per heavy atom. The van der Waals surface area contributed by atoms with Crippen LogP contribution in [-0.4, -0.2) is 46.5 Å². The Kier molecular flexibility index (Phi) is 4.93. The van der Waals surface area contributed by atoms with E-state index in [1.165, 1.54) is 6.20 Å². The quantitative estimate of drug-likeness (QED) is 0.458. The fraction of sp³-hybridized carbons (Fsp3) is 0.318. The van der Waals surface area contributed by atoms with Gasteiger partial charge in [0.05, 0.1) is 11.8 Å². The van der Waals surface area contributed by atoms with Gasteiger partial charge in [-0.1, -0.05) is 0 Å². The SMILES string of the molecule is Cc1c(-c2cc3cc(NC(=O)O[C@@H]4CC[C@@H]4O)ncc3c(N)c2F)cnc2c1NCCO2. The van der Waals surface area contributed by atoms with Crippen LogP contribution in [-0.2, 0) is 4.74 Å². The van der Waals surface area contributed by atoms with Crippen molar-refractivity contribution in [3.05, 3.63) is 35.9 Å². The first kappa shape index (κ1) is 20.3. The zero-order valence-corrected chi connectivity index (χ0v) is 17.3. The maximum Gasteiger partial charge on any atom is 0.413 e. The summed E-state index contributed by atoms with van der Waals surface area (Å²) in [5, 5.41) is 16.4. The zero-order chi connectivity index (χ0) is 22.4. The third-order valence-corrected chi connectivity index (χ3v) is 5.90. The summed E-state index contributed by atoms with van der Waals surface area (Å²) in [5.74, 6) is 0.140. The molecule has 10 heteroatoms. The molecule has 9 nitrogen and oxygen atoms in total. The first-order valence-corrected chi connectivity index (χ1v) is 10.3. The first-order chi connectivity index (χ1) is 15.4. The second-order valence-corrected chi connectivity index (χ2v) is 7.91. The van der Waals surface area contributed by atoms with Gasteiger partial charge < -0.3 is 25.6 Å². The summed E-state index contributed by atoms with van der Waals surface area (Å²) in [4.78, 5) is 20.5. The molecule has 5 N–H and O–H groups in total. The van der Waals surface area contributed by atoms with Crippen molar-refractivity contribution in [1.29, 1.82) is 0 Å². The highest BCUT2D eigenvalue weighted by molar-refractivity contribution is 5.99. The number of aliphatic hydroxyl groups is 1. The number of nitrogens with zero attached hydrogens (tertiary/aromatic N) is 2. The Bertz CT molecular complexity index is 1230. The molecule has 0 unspecified atom stereocenters. The van der Waals surface area contributed by atoms with Crippen molar-refractivity contribution in [2.45, 2.75) is 32.0 Å². The van der Waals surface area contributed by atoms with Gasteiger partial charge in [-0.25, -0.2) is 19.2 Å². The van der Waals surface area contributed by atoms with Gasteiger partial charge in [0, 0.05) is 35.5 Å². The molecule has 1 aliphatic heterocycles. The Morgan fingerprint density at radius 1 is 1.31 bits per heavy atom. The number of nitrogens with two attached hydrogens (primary N) is 1. The third-order valence-electron chi connectivity index (χ3n) is 5.90. The molecule has 1 aliphatic carbocycles. The summed E-state index contributed by atoms with van der Waals surface area (Å²) in [6.07, 6.45) is 2.33. The molecule has 32 heavy (non-hydrogen) atoms. The molecule has 2 aromatic heterocycles. The molecule has 0 saturated heterocycles. The Labute approximate surface area is 182 Å². The number of carbonyl (C=O) groups excluding carboxylic acids is 1. The molecule has 3 aromatic rings. The number of carbonyl (C=O) groups is 1. The number of hydrogen-bond acceptors (Lipinski definition) is 8. The van der Waals surface area contributed by atoms with Gasteiger partial charge in [-0.2, -0.15) is 0 Å². The van der Waals surface area contributed by atoms with E-state index in [1.807, 2.05) is 6.92 Å². The number of halogens is 1. The molecule has 0 radical (unpaired) electrons. The Morgan fingerprint density at radius 3 is 2.91 bits per heavy atom. The maximum absolute atomic E-state index is 15.2. The minimum absolute atomic E-state index is 0.0435. The van der Waals surface area contributed by atoms with Crippen LogP contribution in [0.2, 0.25) is 0 Å². The summed E-state index contributed by atoms with van der Waals surface area (Å²) >= 11 is 0. The zero-order valence-electron chi connectivity index (χ0n) is 17.3. The molecule has 0 bridgehead atoms. The number of amides is 1. The number of nitrogen functional groups attached to an aromatic ring is 1. The van der Waals surface area contributed by atoms with E-state index in [9.17, 15) is 9.90 Å².